The van der Waals surface area contributed by atoms with Gasteiger partial charge in [0.2, 0.25) is 0 Å². The molecule has 0 saturated heterocycles. The smallest absolute Gasteiger partial charge is 0.252 e. The number of carbonyl (C=O) groups excluding carboxylic acids is 1. The molecule has 1 amide bonds. The fraction of sp³-hybridized carbons (Fsp3) is 0.286. The Labute approximate surface area is 116 Å². The third kappa shape index (κ3) is 1.92. The lowest BCUT2D eigenvalue weighted by Gasteiger charge is -2.10. The van der Waals surface area contributed by atoms with Gasteiger partial charge in [-0.15, -0.1) is 0 Å². The second kappa shape index (κ2) is 4.38. The summed E-state index contributed by atoms with van der Waals surface area (Å²) in [4.78, 5) is 15.7. The van der Waals surface area contributed by atoms with Gasteiger partial charge in [-0.1, -0.05) is 11.6 Å². The summed E-state index contributed by atoms with van der Waals surface area (Å²) in [5.41, 5.74) is 8.48. The van der Waals surface area contributed by atoms with Crippen molar-refractivity contribution >= 4 is 17.5 Å². The van der Waals surface area contributed by atoms with Crippen molar-refractivity contribution in [2.75, 3.05) is 0 Å². The number of halogens is 1. The molecule has 0 unspecified atom stereocenters. The molecular weight excluding hydrogens is 262 g/mol. The van der Waals surface area contributed by atoms with Crippen LogP contribution in [-0.4, -0.2) is 15.5 Å². The zero-order chi connectivity index (χ0) is 13.6. The zero-order valence-corrected chi connectivity index (χ0v) is 11.3. The molecule has 19 heavy (non-hydrogen) atoms. The van der Waals surface area contributed by atoms with Crippen molar-refractivity contribution in [2.24, 2.45) is 5.73 Å². The molecule has 0 spiro atoms. The van der Waals surface area contributed by atoms with Crippen LogP contribution in [0.1, 0.15) is 34.9 Å². The summed E-state index contributed by atoms with van der Waals surface area (Å²) in [6.45, 7) is 1.89. The highest BCUT2D eigenvalue weighted by molar-refractivity contribution is 6.36. The van der Waals surface area contributed by atoms with Crippen molar-refractivity contribution in [3.8, 4) is 11.3 Å². The van der Waals surface area contributed by atoms with E-state index in [4.69, 9.17) is 17.3 Å². The lowest BCUT2D eigenvalue weighted by Crippen LogP contribution is -2.12. The molecule has 2 N–H and O–H groups in total. The molecule has 4 nitrogen and oxygen atoms in total. The van der Waals surface area contributed by atoms with Crippen molar-refractivity contribution in [2.45, 2.75) is 25.8 Å². The highest BCUT2D eigenvalue weighted by Gasteiger charge is 2.32. The molecule has 2 heterocycles. The van der Waals surface area contributed by atoms with Crippen molar-refractivity contribution < 1.29 is 4.79 Å². The van der Waals surface area contributed by atoms with Gasteiger partial charge in [0.05, 0.1) is 16.3 Å². The molecule has 2 aromatic rings. The summed E-state index contributed by atoms with van der Waals surface area (Å²) in [5.74, 6) is -0.480. The van der Waals surface area contributed by atoms with E-state index in [0.717, 1.165) is 29.8 Å². The zero-order valence-electron chi connectivity index (χ0n) is 10.6. The minimum Gasteiger partial charge on any atom is -0.365 e. The van der Waals surface area contributed by atoms with E-state index < -0.39 is 5.91 Å². The standard InChI is InChI=1S/C14H14ClN3O/c1-8-11(14(16)19)12(15)13(18(8)10-4-5-10)9-3-2-6-17-7-9/h2-3,6-7,10H,4-5H2,1H3,(H2,16,19). The monoisotopic (exact) mass is 275 g/mol. The van der Waals surface area contributed by atoms with Crippen LogP contribution in [0.2, 0.25) is 5.02 Å². The van der Waals surface area contributed by atoms with Crippen LogP contribution < -0.4 is 5.73 Å². The van der Waals surface area contributed by atoms with Gasteiger partial charge in [-0.05, 0) is 31.9 Å². The van der Waals surface area contributed by atoms with Gasteiger partial charge < -0.3 is 10.3 Å². The number of hydrogen-bond acceptors (Lipinski definition) is 2. The normalized spacial score (nSPS) is 14.6. The fourth-order valence-corrected chi connectivity index (χ4v) is 2.95. The number of hydrogen-bond donors (Lipinski definition) is 1. The number of nitrogens with zero attached hydrogens (tertiary/aromatic N) is 2. The Morgan fingerprint density at radius 1 is 1.53 bits per heavy atom. The summed E-state index contributed by atoms with van der Waals surface area (Å²) < 4.78 is 2.12. The molecule has 0 atom stereocenters. The molecule has 0 bridgehead atoms. The molecule has 0 aromatic carbocycles. The molecule has 1 fully saturated rings. The van der Waals surface area contributed by atoms with Crippen molar-refractivity contribution in [1.29, 1.82) is 0 Å². The van der Waals surface area contributed by atoms with E-state index in [9.17, 15) is 4.79 Å². The first-order chi connectivity index (χ1) is 9.11. The average molecular weight is 276 g/mol. The first-order valence-electron chi connectivity index (χ1n) is 6.21. The van der Waals surface area contributed by atoms with Gasteiger partial charge in [-0.25, -0.2) is 0 Å². The SMILES string of the molecule is Cc1c(C(N)=O)c(Cl)c(-c2cccnc2)n1C1CC1. The summed E-state index contributed by atoms with van der Waals surface area (Å²) >= 11 is 6.39. The third-order valence-electron chi connectivity index (χ3n) is 3.48. The van der Waals surface area contributed by atoms with E-state index >= 15 is 0 Å². The Hall–Kier alpha value is -1.81. The van der Waals surface area contributed by atoms with E-state index in [1.807, 2.05) is 19.1 Å². The molecule has 5 heteroatoms. The minimum atomic E-state index is -0.480. The van der Waals surface area contributed by atoms with Crippen LogP contribution >= 0.6 is 11.6 Å². The van der Waals surface area contributed by atoms with Crippen LogP contribution in [0.4, 0.5) is 0 Å². The molecule has 98 valence electrons. The Bertz CT molecular complexity index is 644. The molecular formula is C14H14ClN3O. The van der Waals surface area contributed by atoms with Crippen LogP contribution in [0.3, 0.4) is 0 Å². The summed E-state index contributed by atoms with van der Waals surface area (Å²) in [5, 5.41) is 0.435. The summed E-state index contributed by atoms with van der Waals surface area (Å²) in [7, 11) is 0. The predicted molar refractivity (Wildman–Crippen MR) is 74.2 cm³/mol. The average Bonchev–Trinajstić information content (AvgIpc) is 3.16. The Morgan fingerprint density at radius 2 is 2.26 bits per heavy atom. The van der Waals surface area contributed by atoms with Crippen molar-refractivity contribution in [1.82, 2.24) is 9.55 Å². The van der Waals surface area contributed by atoms with E-state index in [0.29, 0.717) is 16.6 Å². The van der Waals surface area contributed by atoms with Gasteiger partial charge >= 0.3 is 0 Å². The van der Waals surface area contributed by atoms with E-state index in [2.05, 4.69) is 9.55 Å². The Morgan fingerprint density at radius 3 is 2.79 bits per heavy atom. The minimum absolute atomic E-state index is 0.417. The second-order valence-electron chi connectivity index (χ2n) is 4.83. The van der Waals surface area contributed by atoms with Crippen molar-refractivity contribution in [3.63, 3.8) is 0 Å². The number of pyridine rings is 1. The van der Waals surface area contributed by atoms with Crippen molar-refractivity contribution in [3.05, 3.63) is 40.8 Å². The summed E-state index contributed by atoms with van der Waals surface area (Å²) in [6, 6.07) is 4.22. The maximum absolute atomic E-state index is 11.6. The molecule has 3 rings (SSSR count). The largest absolute Gasteiger partial charge is 0.365 e. The van der Waals surface area contributed by atoms with Crippen LogP contribution in [-0.2, 0) is 0 Å². The first kappa shape index (κ1) is 12.2. The number of rotatable bonds is 3. The fourth-order valence-electron chi connectivity index (χ4n) is 2.52. The van der Waals surface area contributed by atoms with E-state index in [1.54, 1.807) is 12.4 Å². The van der Waals surface area contributed by atoms with Crippen LogP contribution in [0.25, 0.3) is 11.3 Å². The quantitative estimate of drug-likeness (QED) is 0.936. The first-order valence-corrected chi connectivity index (χ1v) is 6.59. The number of amides is 1. The molecule has 0 radical (unpaired) electrons. The van der Waals surface area contributed by atoms with Gasteiger partial charge in [0, 0.05) is 29.7 Å². The third-order valence-corrected chi connectivity index (χ3v) is 3.85. The maximum atomic E-state index is 11.6. The Balaban J connectivity index is 2.28. The highest BCUT2D eigenvalue weighted by Crippen LogP contribution is 2.45. The molecule has 1 aliphatic carbocycles. The molecule has 1 aliphatic rings. The van der Waals surface area contributed by atoms with Crippen LogP contribution in [0.15, 0.2) is 24.5 Å². The molecule has 2 aromatic heterocycles. The van der Waals surface area contributed by atoms with Gasteiger partial charge in [0.25, 0.3) is 5.91 Å². The van der Waals surface area contributed by atoms with Gasteiger partial charge in [-0.2, -0.15) is 0 Å². The summed E-state index contributed by atoms with van der Waals surface area (Å²) in [6.07, 6.45) is 5.68. The predicted octanol–water partition coefficient (Wildman–Crippen LogP) is 2.95. The lowest BCUT2D eigenvalue weighted by atomic mass is 10.2. The van der Waals surface area contributed by atoms with E-state index in [-0.39, 0.29) is 0 Å². The van der Waals surface area contributed by atoms with Gasteiger partial charge in [0.15, 0.2) is 0 Å². The number of carbonyl (C=O) groups is 1. The number of primary amides is 1. The van der Waals surface area contributed by atoms with Crippen LogP contribution in [0, 0.1) is 6.92 Å². The van der Waals surface area contributed by atoms with Gasteiger partial charge in [-0.3, -0.25) is 9.78 Å². The number of nitrogens with two attached hydrogens (primary N) is 1. The molecule has 0 aliphatic heterocycles. The Kier molecular flexibility index (Phi) is 2.82. The topological polar surface area (TPSA) is 60.9 Å². The van der Waals surface area contributed by atoms with Gasteiger partial charge in [0.1, 0.15) is 0 Å². The lowest BCUT2D eigenvalue weighted by molar-refractivity contribution is 0.1000. The second-order valence-corrected chi connectivity index (χ2v) is 5.21. The van der Waals surface area contributed by atoms with Crippen LogP contribution in [0.5, 0.6) is 0 Å². The number of aromatic nitrogens is 2. The highest BCUT2D eigenvalue weighted by atomic mass is 35.5. The van der Waals surface area contributed by atoms with E-state index in [1.165, 1.54) is 0 Å². The maximum Gasteiger partial charge on any atom is 0.252 e. The molecule has 1 saturated carbocycles.